The number of hydrogen-bond acceptors (Lipinski definition) is 1. The van der Waals surface area contributed by atoms with Crippen molar-refractivity contribution in [1.82, 2.24) is 0 Å². The summed E-state index contributed by atoms with van der Waals surface area (Å²) >= 11 is 0. The van der Waals surface area contributed by atoms with Gasteiger partial charge in [0.2, 0.25) is 0 Å². The Morgan fingerprint density at radius 2 is 1.42 bits per heavy atom. The highest BCUT2D eigenvalue weighted by Gasteiger charge is 2.22. The summed E-state index contributed by atoms with van der Waals surface area (Å²) in [5, 5.41) is 10.5. The normalized spacial score (nSPS) is 11.5. The zero-order valence-electron chi connectivity index (χ0n) is 11.8. The molecule has 1 N–H and O–H groups in total. The molecule has 0 aromatic heterocycles. The Bertz CT molecular complexity index is 503. The van der Waals surface area contributed by atoms with Crippen LogP contribution in [0.15, 0.2) is 54.6 Å². The molecule has 19 heavy (non-hydrogen) atoms. The molecule has 0 unspecified atom stereocenters. The molecule has 0 radical (unpaired) electrons. The first-order valence-electron chi connectivity index (χ1n) is 6.90. The number of hydrogen-bond donors (Lipinski definition) is 1. The summed E-state index contributed by atoms with van der Waals surface area (Å²) in [7, 11) is -1.38. The Morgan fingerprint density at radius 1 is 0.842 bits per heavy atom. The van der Waals surface area contributed by atoms with Gasteiger partial charge in [0.25, 0.3) is 0 Å². The highest BCUT2D eigenvalue weighted by molar-refractivity contribution is 6.89. The lowest BCUT2D eigenvalue weighted by Gasteiger charge is -2.22. The molecule has 2 aromatic carbocycles. The average molecular weight is 270 g/mol. The van der Waals surface area contributed by atoms with Crippen molar-refractivity contribution in [2.24, 2.45) is 0 Å². The van der Waals surface area contributed by atoms with Gasteiger partial charge in [-0.25, -0.2) is 0 Å². The van der Waals surface area contributed by atoms with E-state index in [4.69, 9.17) is 5.11 Å². The summed E-state index contributed by atoms with van der Waals surface area (Å²) in [6, 6.07) is 20.6. The maximum Gasteiger partial charge on any atom is 0.0807 e. The van der Waals surface area contributed by atoms with Crippen LogP contribution in [-0.2, 0) is 0 Å². The first-order valence-corrected chi connectivity index (χ1v) is 10.1. The van der Waals surface area contributed by atoms with Crippen LogP contribution >= 0.6 is 0 Å². The van der Waals surface area contributed by atoms with Crippen LogP contribution in [0.1, 0.15) is 6.42 Å². The van der Waals surface area contributed by atoms with Crippen LogP contribution in [0, 0.1) is 0 Å². The van der Waals surface area contributed by atoms with E-state index >= 15 is 0 Å². The van der Waals surface area contributed by atoms with Gasteiger partial charge >= 0.3 is 0 Å². The van der Waals surface area contributed by atoms with E-state index in [1.54, 1.807) is 0 Å². The Kier molecular flexibility index (Phi) is 4.56. The number of aliphatic hydroxyl groups excluding tert-OH is 1. The molecule has 0 atom stereocenters. The Hall–Kier alpha value is -1.38. The minimum atomic E-state index is -1.38. The van der Waals surface area contributed by atoms with Crippen LogP contribution in [0.25, 0.3) is 11.1 Å². The van der Waals surface area contributed by atoms with Crippen molar-refractivity contribution in [2.45, 2.75) is 25.6 Å². The first kappa shape index (κ1) is 14.0. The third-order valence-corrected chi connectivity index (χ3v) is 7.23. The molecular weight excluding hydrogens is 248 g/mol. The summed E-state index contributed by atoms with van der Waals surface area (Å²) in [6.45, 7) is 5.05. The molecule has 2 heteroatoms. The van der Waals surface area contributed by atoms with Crippen LogP contribution in [0.5, 0.6) is 0 Å². The summed E-state index contributed by atoms with van der Waals surface area (Å²) in [5.74, 6) is 0. The van der Waals surface area contributed by atoms with E-state index in [9.17, 15) is 0 Å². The van der Waals surface area contributed by atoms with Crippen molar-refractivity contribution in [2.75, 3.05) is 6.61 Å². The molecule has 0 spiro atoms. The quantitative estimate of drug-likeness (QED) is 0.822. The summed E-state index contributed by atoms with van der Waals surface area (Å²) in [6.07, 6.45) is 0.916. The molecule has 0 heterocycles. The molecule has 0 bridgehead atoms. The largest absolute Gasteiger partial charge is 0.396 e. The van der Waals surface area contributed by atoms with Gasteiger partial charge in [-0.05, 0) is 17.5 Å². The second kappa shape index (κ2) is 6.18. The molecule has 0 amide bonds. The van der Waals surface area contributed by atoms with Gasteiger partial charge in [0, 0.05) is 6.61 Å². The number of benzene rings is 2. The average Bonchev–Trinajstić information content (AvgIpc) is 2.46. The molecule has 0 fully saturated rings. The Balaban J connectivity index is 2.19. The van der Waals surface area contributed by atoms with Gasteiger partial charge in [-0.15, -0.1) is 0 Å². The highest BCUT2D eigenvalue weighted by atomic mass is 28.3. The molecule has 0 aliphatic rings. The zero-order chi connectivity index (χ0) is 13.7. The maximum absolute atomic E-state index is 8.99. The molecule has 2 rings (SSSR count). The fraction of sp³-hybridized carbons (Fsp3) is 0.294. The van der Waals surface area contributed by atoms with Crippen molar-refractivity contribution in [3.8, 4) is 11.1 Å². The predicted molar refractivity (Wildman–Crippen MR) is 85.5 cm³/mol. The monoisotopic (exact) mass is 270 g/mol. The molecule has 0 saturated heterocycles. The SMILES string of the molecule is C[Si](C)(CCCO)c1ccc(-c2ccccc2)cc1. The predicted octanol–water partition coefficient (Wildman–Crippen LogP) is 3.65. The molecule has 0 saturated carbocycles. The first-order chi connectivity index (χ1) is 9.13. The molecule has 0 aliphatic carbocycles. The fourth-order valence-electron chi connectivity index (χ4n) is 2.41. The van der Waals surface area contributed by atoms with E-state index in [0.717, 1.165) is 12.5 Å². The lowest BCUT2D eigenvalue weighted by atomic mass is 10.1. The van der Waals surface area contributed by atoms with E-state index in [-0.39, 0.29) is 0 Å². The van der Waals surface area contributed by atoms with Crippen molar-refractivity contribution in [3.63, 3.8) is 0 Å². The van der Waals surface area contributed by atoms with E-state index in [1.165, 1.54) is 16.3 Å². The number of rotatable bonds is 5. The molecule has 0 aliphatic heterocycles. The van der Waals surface area contributed by atoms with Crippen LogP contribution in [-0.4, -0.2) is 19.8 Å². The van der Waals surface area contributed by atoms with Crippen LogP contribution in [0.3, 0.4) is 0 Å². The van der Waals surface area contributed by atoms with Gasteiger partial charge in [0.05, 0.1) is 8.07 Å². The third-order valence-electron chi connectivity index (χ3n) is 3.73. The van der Waals surface area contributed by atoms with Gasteiger partial charge in [-0.1, -0.05) is 78.9 Å². The maximum atomic E-state index is 8.99. The summed E-state index contributed by atoms with van der Waals surface area (Å²) < 4.78 is 0. The second-order valence-electron chi connectivity index (χ2n) is 5.65. The summed E-state index contributed by atoms with van der Waals surface area (Å²) in [4.78, 5) is 0. The molecule has 2 aromatic rings. The highest BCUT2D eigenvalue weighted by Crippen LogP contribution is 2.19. The third kappa shape index (κ3) is 3.55. The lowest BCUT2D eigenvalue weighted by Crippen LogP contribution is -2.41. The van der Waals surface area contributed by atoms with Crippen molar-refractivity contribution >= 4 is 13.3 Å². The fourth-order valence-corrected chi connectivity index (χ4v) is 4.81. The molecule has 100 valence electrons. The Morgan fingerprint density at radius 3 is 2.00 bits per heavy atom. The van der Waals surface area contributed by atoms with Crippen molar-refractivity contribution in [1.29, 1.82) is 0 Å². The standard InChI is InChI=1S/C17H22OSi/c1-19(2,14-6-13-18)17-11-9-16(10-12-17)15-7-4-3-5-8-15/h3-5,7-12,18H,6,13-14H2,1-2H3. The van der Waals surface area contributed by atoms with Crippen molar-refractivity contribution < 1.29 is 5.11 Å². The van der Waals surface area contributed by atoms with E-state index in [2.05, 4.69) is 61.6 Å². The van der Waals surface area contributed by atoms with Crippen LogP contribution < -0.4 is 5.19 Å². The lowest BCUT2D eigenvalue weighted by molar-refractivity contribution is 0.294. The van der Waals surface area contributed by atoms with E-state index < -0.39 is 8.07 Å². The Labute approximate surface area is 116 Å². The molecule has 1 nitrogen and oxygen atoms in total. The van der Waals surface area contributed by atoms with Gasteiger partial charge in [-0.2, -0.15) is 0 Å². The van der Waals surface area contributed by atoms with E-state index in [0.29, 0.717) is 6.61 Å². The number of aliphatic hydroxyl groups is 1. The van der Waals surface area contributed by atoms with Crippen LogP contribution in [0.2, 0.25) is 19.1 Å². The van der Waals surface area contributed by atoms with Gasteiger partial charge in [0.1, 0.15) is 0 Å². The van der Waals surface area contributed by atoms with Gasteiger partial charge in [0.15, 0.2) is 0 Å². The smallest absolute Gasteiger partial charge is 0.0807 e. The van der Waals surface area contributed by atoms with Gasteiger partial charge < -0.3 is 5.11 Å². The van der Waals surface area contributed by atoms with Crippen molar-refractivity contribution in [3.05, 3.63) is 54.6 Å². The van der Waals surface area contributed by atoms with Crippen LogP contribution in [0.4, 0.5) is 0 Å². The molecular formula is C17H22OSi. The minimum absolute atomic E-state index is 0.304. The zero-order valence-corrected chi connectivity index (χ0v) is 12.8. The summed E-state index contributed by atoms with van der Waals surface area (Å²) in [5.41, 5.74) is 2.54. The van der Waals surface area contributed by atoms with Gasteiger partial charge in [-0.3, -0.25) is 0 Å². The van der Waals surface area contributed by atoms with E-state index in [1.807, 2.05) is 6.07 Å². The second-order valence-corrected chi connectivity index (χ2v) is 10.5. The minimum Gasteiger partial charge on any atom is -0.396 e. The topological polar surface area (TPSA) is 20.2 Å².